The van der Waals surface area contributed by atoms with Crippen LogP contribution in [0.2, 0.25) is 0 Å². The van der Waals surface area contributed by atoms with E-state index in [1.54, 1.807) is 18.6 Å². The van der Waals surface area contributed by atoms with Crippen molar-refractivity contribution in [1.29, 1.82) is 0 Å². The molecule has 5 nitrogen and oxygen atoms in total. The zero-order valence-electron chi connectivity index (χ0n) is 6.32. The SMILES string of the molecule is c1ncc(CNc2cn[nH]c2)o1. The molecule has 0 aliphatic carbocycles. The molecule has 2 rings (SSSR count). The second kappa shape index (κ2) is 3.08. The van der Waals surface area contributed by atoms with Gasteiger partial charge in [-0.2, -0.15) is 5.10 Å². The Bertz CT molecular complexity index is 279. The van der Waals surface area contributed by atoms with Gasteiger partial charge in [0.15, 0.2) is 6.39 Å². The van der Waals surface area contributed by atoms with Gasteiger partial charge in [0, 0.05) is 6.20 Å². The van der Waals surface area contributed by atoms with Crippen LogP contribution in [0.4, 0.5) is 5.69 Å². The number of hydrogen-bond acceptors (Lipinski definition) is 4. The Morgan fingerprint density at radius 3 is 3.17 bits per heavy atom. The van der Waals surface area contributed by atoms with Crippen molar-refractivity contribution in [1.82, 2.24) is 15.2 Å². The molecule has 2 N–H and O–H groups in total. The Hall–Kier alpha value is -1.78. The quantitative estimate of drug-likeness (QED) is 0.710. The molecule has 0 aromatic carbocycles. The molecule has 2 aromatic rings. The van der Waals surface area contributed by atoms with Crippen LogP contribution in [0.1, 0.15) is 5.76 Å². The molecule has 2 aromatic heterocycles. The third-order valence-electron chi connectivity index (χ3n) is 1.45. The van der Waals surface area contributed by atoms with Gasteiger partial charge in [-0.3, -0.25) is 5.10 Å². The van der Waals surface area contributed by atoms with Crippen LogP contribution in [0.15, 0.2) is 29.4 Å². The average molecular weight is 164 g/mol. The third kappa shape index (κ3) is 1.45. The van der Waals surface area contributed by atoms with Crippen LogP contribution in [-0.4, -0.2) is 15.2 Å². The van der Waals surface area contributed by atoms with Gasteiger partial charge in [0.25, 0.3) is 0 Å². The first kappa shape index (κ1) is 6.90. The van der Waals surface area contributed by atoms with Gasteiger partial charge in [-0.25, -0.2) is 4.98 Å². The molecule has 0 bridgehead atoms. The Kier molecular flexibility index (Phi) is 1.77. The molecular weight excluding hydrogens is 156 g/mol. The Balaban J connectivity index is 1.91. The standard InChI is InChI=1S/C7H8N4O/c1-6(2-11-10-1)9-4-7-3-8-5-12-7/h1-3,5,9H,4H2,(H,10,11). The molecule has 0 aliphatic rings. The molecule has 0 fully saturated rings. The summed E-state index contributed by atoms with van der Waals surface area (Å²) >= 11 is 0. The highest BCUT2D eigenvalue weighted by molar-refractivity contribution is 5.37. The highest BCUT2D eigenvalue weighted by Crippen LogP contribution is 2.04. The zero-order valence-corrected chi connectivity index (χ0v) is 6.32. The summed E-state index contributed by atoms with van der Waals surface area (Å²) in [7, 11) is 0. The van der Waals surface area contributed by atoms with Gasteiger partial charge in [-0.05, 0) is 0 Å². The summed E-state index contributed by atoms with van der Waals surface area (Å²) in [6, 6.07) is 0. The summed E-state index contributed by atoms with van der Waals surface area (Å²) in [4.78, 5) is 3.79. The summed E-state index contributed by atoms with van der Waals surface area (Å²) in [6.45, 7) is 0.625. The van der Waals surface area contributed by atoms with Gasteiger partial charge in [-0.1, -0.05) is 0 Å². The smallest absolute Gasteiger partial charge is 0.180 e. The lowest BCUT2D eigenvalue weighted by Gasteiger charge is -1.97. The number of H-pyrrole nitrogens is 1. The Morgan fingerprint density at radius 1 is 1.50 bits per heavy atom. The first-order chi connectivity index (χ1) is 5.95. The number of rotatable bonds is 3. The number of aromatic nitrogens is 3. The molecule has 0 radical (unpaired) electrons. The molecule has 0 amide bonds. The molecule has 5 heteroatoms. The molecule has 12 heavy (non-hydrogen) atoms. The monoisotopic (exact) mass is 164 g/mol. The van der Waals surface area contributed by atoms with Gasteiger partial charge < -0.3 is 9.73 Å². The van der Waals surface area contributed by atoms with Crippen LogP contribution >= 0.6 is 0 Å². The van der Waals surface area contributed by atoms with Crippen molar-refractivity contribution in [3.05, 3.63) is 30.7 Å². The number of aromatic amines is 1. The molecule has 0 saturated heterocycles. The average Bonchev–Trinajstić information content (AvgIpc) is 2.74. The van der Waals surface area contributed by atoms with Crippen LogP contribution in [0.5, 0.6) is 0 Å². The van der Waals surface area contributed by atoms with Gasteiger partial charge in [0.2, 0.25) is 0 Å². The molecule has 0 atom stereocenters. The molecule has 0 aliphatic heterocycles. The lowest BCUT2D eigenvalue weighted by atomic mass is 10.4. The minimum atomic E-state index is 0.625. The maximum atomic E-state index is 5.03. The molecular formula is C7H8N4O. The van der Waals surface area contributed by atoms with Gasteiger partial charge in [0.05, 0.1) is 24.6 Å². The predicted octanol–water partition coefficient (Wildman–Crippen LogP) is 1.01. The summed E-state index contributed by atoms with van der Waals surface area (Å²) in [6.07, 6.45) is 6.56. The summed E-state index contributed by atoms with van der Waals surface area (Å²) in [5.74, 6) is 0.802. The van der Waals surface area contributed by atoms with E-state index in [1.165, 1.54) is 6.39 Å². The van der Waals surface area contributed by atoms with Crippen LogP contribution in [-0.2, 0) is 6.54 Å². The number of hydrogen-bond donors (Lipinski definition) is 2. The van der Waals surface area contributed by atoms with Crippen molar-refractivity contribution in [3.8, 4) is 0 Å². The largest absolute Gasteiger partial charge is 0.447 e. The van der Waals surface area contributed by atoms with E-state index in [0.717, 1.165) is 11.4 Å². The molecule has 0 saturated carbocycles. The fourth-order valence-corrected chi connectivity index (χ4v) is 0.866. The topological polar surface area (TPSA) is 66.7 Å². The van der Waals surface area contributed by atoms with Crippen molar-refractivity contribution < 1.29 is 4.42 Å². The molecule has 0 unspecified atom stereocenters. The summed E-state index contributed by atoms with van der Waals surface area (Å²) < 4.78 is 5.03. The lowest BCUT2D eigenvalue weighted by molar-refractivity contribution is 0.512. The number of oxazole rings is 1. The second-order valence-electron chi connectivity index (χ2n) is 2.31. The van der Waals surface area contributed by atoms with Crippen molar-refractivity contribution in [2.45, 2.75) is 6.54 Å². The normalized spacial score (nSPS) is 10.0. The minimum absolute atomic E-state index is 0.625. The maximum absolute atomic E-state index is 5.03. The van der Waals surface area contributed by atoms with Crippen LogP contribution in [0.25, 0.3) is 0 Å². The van der Waals surface area contributed by atoms with Crippen molar-refractivity contribution >= 4 is 5.69 Å². The van der Waals surface area contributed by atoms with Crippen molar-refractivity contribution in [2.24, 2.45) is 0 Å². The van der Waals surface area contributed by atoms with Crippen LogP contribution in [0.3, 0.4) is 0 Å². The first-order valence-corrected chi connectivity index (χ1v) is 3.55. The Labute approximate surface area is 68.8 Å². The van der Waals surface area contributed by atoms with E-state index < -0.39 is 0 Å². The highest BCUT2D eigenvalue weighted by Gasteiger charge is 1.96. The maximum Gasteiger partial charge on any atom is 0.180 e. The van der Waals surface area contributed by atoms with Gasteiger partial charge in [0.1, 0.15) is 5.76 Å². The van der Waals surface area contributed by atoms with E-state index in [9.17, 15) is 0 Å². The fraction of sp³-hybridized carbons (Fsp3) is 0.143. The number of nitrogens with one attached hydrogen (secondary N) is 2. The van der Waals surface area contributed by atoms with E-state index in [0.29, 0.717) is 6.54 Å². The van der Waals surface area contributed by atoms with Gasteiger partial charge >= 0.3 is 0 Å². The zero-order chi connectivity index (χ0) is 8.23. The van der Waals surface area contributed by atoms with Crippen molar-refractivity contribution in [2.75, 3.05) is 5.32 Å². The second-order valence-corrected chi connectivity index (χ2v) is 2.31. The van der Waals surface area contributed by atoms with Crippen LogP contribution in [0, 0.1) is 0 Å². The lowest BCUT2D eigenvalue weighted by Crippen LogP contribution is -1.96. The van der Waals surface area contributed by atoms with Crippen LogP contribution < -0.4 is 5.32 Å². The molecule has 2 heterocycles. The summed E-state index contributed by atoms with van der Waals surface area (Å²) in [5, 5.41) is 9.59. The van der Waals surface area contributed by atoms with Gasteiger partial charge in [-0.15, -0.1) is 0 Å². The highest BCUT2D eigenvalue weighted by atomic mass is 16.3. The predicted molar refractivity (Wildman–Crippen MR) is 42.4 cm³/mol. The summed E-state index contributed by atoms with van der Waals surface area (Å²) in [5.41, 5.74) is 0.936. The number of anilines is 1. The molecule has 62 valence electrons. The molecule has 0 spiro atoms. The number of nitrogens with zero attached hydrogens (tertiary/aromatic N) is 2. The van der Waals surface area contributed by atoms with E-state index in [4.69, 9.17) is 4.42 Å². The van der Waals surface area contributed by atoms with E-state index in [1.807, 2.05) is 0 Å². The first-order valence-electron chi connectivity index (χ1n) is 3.55. The van der Waals surface area contributed by atoms with E-state index in [2.05, 4.69) is 20.5 Å². The Morgan fingerprint density at radius 2 is 2.50 bits per heavy atom. The van der Waals surface area contributed by atoms with Crippen molar-refractivity contribution in [3.63, 3.8) is 0 Å². The van der Waals surface area contributed by atoms with E-state index >= 15 is 0 Å². The third-order valence-corrected chi connectivity index (χ3v) is 1.45. The van der Waals surface area contributed by atoms with E-state index in [-0.39, 0.29) is 0 Å². The fourth-order valence-electron chi connectivity index (χ4n) is 0.866. The minimum Gasteiger partial charge on any atom is -0.447 e.